The Bertz CT molecular complexity index is 765. The lowest BCUT2D eigenvalue weighted by Gasteiger charge is -2.08. The molecule has 0 spiro atoms. The summed E-state index contributed by atoms with van der Waals surface area (Å²) in [7, 11) is 0. The number of aromatic hydroxyl groups is 1. The Labute approximate surface area is 116 Å². The molecular weight excluding hydrogens is 254 g/mol. The normalized spacial score (nSPS) is 10.8. The van der Waals surface area contributed by atoms with E-state index >= 15 is 0 Å². The van der Waals surface area contributed by atoms with Gasteiger partial charge in [0.2, 0.25) is 0 Å². The van der Waals surface area contributed by atoms with Gasteiger partial charge in [-0.1, -0.05) is 6.07 Å². The number of ether oxygens (including phenoxy) is 1. The molecule has 4 N–H and O–H groups in total. The van der Waals surface area contributed by atoms with Gasteiger partial charge in [0.15, 0.2) is 11.5 Å². The van der Waals surface area contributed by atoms with Gasteiger partial charge in [-0.05, 0) is 37.3 Å². The third-order valence-electron chi connectivity index (χ3n) is 3.06. The summed E-state index contributed by atoms with van der Waals surface area (Å²) in [4.78, 5) is 7.62. The number of benzene rings is 2. The van der Waals surface area contributed by atoms with Crippen LogP contribution in [0, 0.1) is 0 Å². The number of nitrogens with zero attached hydrogens (tertiary/aromatic N) is 1. The minimum absolute atomic E-state index is 0.0846. The molecule has 1 heterocycles. The number of hydrogen-bond acceptors (Lipinski definition) is 4. The van der Waals surface area contributed by atoms with E-state index in [1.807, 2.05) is 25.1 Å². The number of phenolic OH excluding ortho intramolecular Hbond substituents is 1. The molecule has 3 rings (SSSR count). The molecular formula is C15H15N3O2. The first-order valence-corrected chi connectivity index (χ1v) is 6.39. The van der Waals surface area contributed by atoms with E-state index in [9.17, 15) is 5.11 Å². The van der Waals surface area contributed by atoms with Crippen LogP contribution in [0.5, 0.6) is 11.5 Å². The molecule has 0 unspecified atom stereocenters. The second-order valence-electron chi connectivity index (χ2n) is 4.45. The van der Waals surface area contributed by atoms with Crippen molar-refractivity contribution in [1.29, 1.82) is 0 Å². The monoisotopic (exact) mass is 269 g/mol. The molecule has 0 saturated carbocycles. The summed E-state index contributed by atoms with van der Waals surface area (Å²) in [6.07, 6.45) is 0. The van der Waals surface area contributed by atoms with Crippen LogP contribution in [-0.4, -0.2) is 21.7 Å². The average Bonchev–Trinajstić information content (AvgIpc) is 2.84. The van der Waals surface area contributed by atoms with Gasteiger partial charge in [-0.15, -0.1) is 0 Å². The highest BCUT2D eigenvalue weighted by Gasteiger charge is 2.13. The standard InChI is InChI=1S/C15H15N3O2/c1-2-20-13-5-3-4-10(14(13)19)15-17-11-7-6-9(16)8-12(11)18-15/h3-8,19H,2,16H2,1H3,(H,17,18). The Balaban J connectivity index is 2.13. The second kappa shape index (κ2) is 4.77. The third-order valence-corrected chi connectivity index (χ3v) is 3.06. The Hall–Kier alpha value is -2.69. The molecule has 1 aromatic heterocycles. The van der Waals surface area contributed by atoms with Gasteiger partial charge in [-0.3, -0.25) is 0 Å². The van der Waals surface area contributed by atoms with Crippen LogP contribution < -0.4 is 10.5 Å². The first kappa shape index (κ1) is 12.3. The van der Waals surface area contributed by atoms with Crippen molar-refractivity contribution >= 4 is 16.7 Å². The van der Waals surface area contributed by atoms with E-state index in [2.05, 4.69) is 9.97 Å². The number of fused-ring (bicyclic) bond motifs is 1. The number of aromatic nitrogens is 2. The van der Waals surface area contributed by atoms with Crippen LogP contribution >= 0.6 is 0 Å². The summed E-state index contributed by atoms with van der Waals surface area (Å²) in [5.74, 6) is 1.12. The highest BCUT2D eigenvalue weighted by molar-refractivity contribution is 5.83. The lowest BCUT2D eigenvalue weighted by Crippen LogP contribution is -1.93. The number of imidazole rings is 1. The number of hydrogen-bond donors (Lipinski definition) is 3. The summed E-state index contributed by atoms with van der Waals surface area (Å²) >= 11 is 0. The van der Waals surface area contributed by atoms with Gasteiger partial charge in [0.25, 0.3) is 0 Å². The van der Waals surface area contributed by atoms with Crippen LogP contribution in [0.3, 0.4) is 0 Å². The number of nitrogen functional groups attached to an aromatic ring is 1. The van der Waals surface area contributed by atoms with E-state index in [0.717, 1.165) is 11.0 Å². The molecule has 0 radical (unpaired) electrons. The lowest BCUT2D eigenvalue weighted by molar-refractivity contribution is 0.318. The van der Waals surface area contributed by atoms with Crippen LogP contribution in [0.2, 0.25) is 0 Å². The topological polar surface area (TPSA) is 84.2 Å². The van der Waals surface area contributed by atoms with Crippen molar-refractivity contribution in [3.05, 3.63) is 36.4 Å². The van der Waals surface area contributed by atoms with E-state index in [-0.39, 0.29) is 5.75 Å². The molecule has 0 amide bonds. The van der Waals surface area contributed by atoms with Crippen LogP contribution in [0.4, 0.5) is 5.69 Å². The Morgan fingerprint density at radius 1 is 1.30 bits per heavy atom. The van der Waals surface area contributed by atoms with Crippen LogP contribution in [-0.2, 0) is 0 Å². The van der Waals surface area contributed by atoms with E-state index in [1.165, 1.54) is 0 Å². The average molecular weight is 269 g/mol. The van der Waals surface area contributed by atoms with Gasteiger partial charge in [0.1, 0.15) is 5.82 Å². The maximum Gasteiger partial charge on any atom is 0.168 e. The van der Waals surface area contributed by atoms with Gasteiger partial charge in [0, 0.05) is 5.69 Å². The number of nitrogens with two attached hydrogens (primary N) is 1. The third kappa shape index (κ3) is 2.03. The number of aromatic amines is 1. The molecule has 5 nitrogen and oxygen atoms in total. The fraction of sp³-hybridized carbons (Fsp3) is 0.133. The molecule has 3 aromatic rings. The lowest BCUT2D eigenvalue weighted by atomic mass is 10.2. The number of anilines is 1. The fourth-order valence-electron chi connectivity index (χ4n) is 2.14. The van der Waals surface area contributed by atoms with Crippen molar-refractivity contribution < 1.29 is 9.84 Å². The van der Waals surface area contributed by atoms with E-state index in [4.69, 9.17) is 10.5 Å². The van der Waals surface area contributed by atoms with Crippen molar-refractivity contribution in [2.75, 3.05) is 12.3 Å². The summed E-state index contributed by atoms with van der Waals surface area (Å²) in [6.45, 7) is 2.36. The largest absolute Gasteiger partial charge is 0.504 e. The molecule has 0 atom stereocenters. The first-order valence-electron chi connectivity index (χ1n) is 6.39. The minimum atomic E-state index is 0.0846. The van der Waals surface area contributed by atoms with Gasteiger partial charge in [0.05, 0.1) is 23.2 Å². The molecule has 0 aliphatic heterocycles. The summed E-state index contributed by atoms with van der Waals surface area (Å²) in [5, 5.41) is 10.2. The summed E-state index contributed by atoms with van der Waals surface area (Å²) < 4.78 is 5.38. The van der Waals surface area contributed by atoms with Crippen molar-refractivity contribution in [2.45, 2.75) is 6.92 Å². The molecule has 0 bridgehead atoms. The van der Waals surface area contributed by atoms with Crippen LogP contribution in [0.1, 0.15) is 6.92 Å². The van der Waals surface area contributed by atoms with E-state index in [1.54, 1.807) is 18.2 Å². The Kier molecular flexibility index (Phi) is 2.95. The predicted octanol–water partition coefficient (Wildman–Crippen LogP) is 2.92. The summed E-state index contributed by atoms with van der Waals surface area (Å²) in [5.41, 5.74) is 8.65. The molecule has 2 aromatic carbocycles. The molecule has 0 aliphatic carbocycles. The smallest absolute Gasteiger partial charge is 0.168 e. The van der Waals surface area contributed by atoms with Crippen LogP contribution in [0.25, 0.3) is 22.4 Å². The van der Waals surface area contributed by atoms with Crippen LogP contribution in [0.15, 0.2) is 36.4 Å². The SMILES string of the molecule is CCOc1cccc(-c2nc3ccc(N)cc3[nH]2)c1O. The molecule has 0 saturated heterocycles. The molecule has 20 heavy (non-hydrogen) atoms. The molecule has 5 heteroatoms. The number of rotatable bonds is 3. The fourth-order valence-corrected chi connectivity index (χ4v) is 2.14. The van der Waals surface area contributed by atoms with E-state index in [0.29, 0.717) is 29.4 Å². The molecule has 0 fully saturated rings. The number of para-hydroxylation sites is 1. The molecule has 0 aliphatic rings. The Morgan fingerprint density at radius 3 is 2.95 bits per heavy atom. The zero-order valence-corrected chi connectivity index (χ0v) is 11.1. The number of H-pyrrole nitrogens is 1. The van der Waals surface area contributed by atoms with Crippen molar-refractivity contribution in [2.24, 2.45) is 0 Å². The van der Waals surface area contributed by atoms with Crippen molar-refractivity contribution in [1.82, 2.24) is 9.97 Å². The number of phenols is 1. The van der Waals surface area contributed by atoms with Gasteiger partial charge in [-0.2, -0.15) is 0 Å². The zero-order valence-electron chi connectivity index (χ0n) is 11.1. The summed E-state index contributed by atoms with van der Waals surface area (Å²) in [6, 6.07) is 10.8. The maximum absolute atomic E-state index is 10.2. The van der Waals surface area contributed by atoms with Crippen molar-refractivity contribution in [3.8, 4) is 22.9 Å². The van der Waals surface area contributed by atoms with Crippen molar-refractivity contribution in [3.63, 3.8) is 0 Å². The number of nitrogens with one attached hydrogen (secondary N) is 1. The van der Waals surface area contributed by atoms with Gasteiger partial charge in [-0.25, -0.2) is 4.98 Å². The molecule has 102 valence electrons. The Morgan fingerprint density at radius 2 is 2.15 bits per heavy atom. The minimum Gasteiger partial charge on any atom is -0.504 e. The van der Waals surface area contributed by atoms with E-state index < -0.39 is 0 Å². The quantitative estimate of drug-likeness (QED) is 0.638. The van der Waals surface area contributed by atoms with Gasteiger partial charge >= 0.3 is 0 Å². The predicted molar refractivity (Wildman–Crippen MR) is 78.8 cm³/mol. The second-order valence-corrected chi connectivity index (χ2v) is 4.45. The van der Waals surface area contributed by atoms with Gasteiger partial charge < -0.3 is 20.6 Å². The highest BCUT2D eigenvalue weighted by atomic mass is 16.5. The highest BCUT2D eigenvalue weighted by Crippen LogP contribution is 2.36. The maximum atomic E-state index is 10.2. The zero-order chi connectivity index (χ0) is 14.1. The first-order chi connectivity index (χ1) is 9.69.